The van der Waals surface area contributed by atoms with Crippen LogP contribution in [0.5, 0.6) is 0 Å². The number of aliphatic hydroxyl groups is 1. The number of thiophene rings is 1. The zero-order valence-corrected chi connectivity index (χ0v) is 24.1. The van der Waals surface area contributed by atoms with Gasteiger partial charge in [0.1, 0.15) is 17.2 Å². The molecule has 8 nitrogen and oxygen atoms in total. The van der Waals surface area contributed by atoms with E-state index in [0.717, 1.165) is 21.6 Å². The minimum absolute atomic E-state index is 0.0198. The predicted molar refractivity (Wildman–Crippen MR) is 163 cm³/mol. The van der Waals surface area contributed by atoms with Crippen LogP contribution in [0.1, 0.15) is 40.8 Å². The number of nitrogens with zero attached hydrogens (tertiary/aromatic N) is 4. The van der Waals surface area contributed by atoms with Crippen LogP contribution in [-0.2, 0) is 19.6 Å². The molecule has 1 fully saturated rings. The number of benzene rings is 2. The number of aryl methyl sites for hydroxylation is 1. The minimum atomic E-state index is -1.10. The number of aromatic nitrogens is 2. The van der Waals surface area contributed by atoms with Crippen molar-refractivity contribution in [1.82, 2.24) is 14.5 Å². The summed E-state index contributed by atoms with van der Waals surface area (Å²) < 4.78 is 16.3. The Kier molecular flexibility index (Phi) is 8.46. The molecule has 0 atom stereocenters. The van der Waals surface area contributed by atoms with Crippen molar-refractivity contribution in [1.29, 1.82) is 0 Å². The molecule has 214 valence electrons. The second kappa shape index (κ2) is 12.0. The van der Waals surface area contributed by atoms with Gasteiger partial charge in [0.25, 0.3) is 5.56 Å². The van der Waals surface area contributed by atoms with Gasteiger partial charge in [0.2, 0.25) is 0 Å². The number of likely N-dealkylation sites (tertiary alicyclic amines) is 1. The Bertz CT molecular complexity index is 1620. The maximum atomic E-state index is 14.9. The van der Waals surface area contributed by atoms with Crippen molar-refractivity contribution >= 4 is 22.7 Å². The zero-order chi connectivity index (χ0) is 29.1. The summed E-state index contributed by atoms with van der Waals surface area (Å²) >= 11 is 1.61. The number of hydrogen-bond donors (Lipinski definition) is 3. The van der Waals surface area contributed by atoms with Gasteiger partial charge in [0.15, 0.2) is 0 Å². The van der Waals surface area contributed by atoms with Gasteiger partial charge in [-0.15, -0.1) is 11.3 Å². The second-order valence-electron chi connectivity index (χ2n) is 10.7. The van der Waals surface area contributed by atoms with Gasteiger partial charge >= 0.3 is 0 Å². The summed E-state index contributed by atoms with van der Waals surface area (Å²) in [5.74, 6) is -0.229. The maximum Gasteiger partial charge on any atom is 0.277 e. The van der Waals surface area contributed by atoms with Crippen LogP contribution in [0.3, 0.4) is 0 Å². The highest BCUT2D eigenvalue weighted by Gasteiger charge is 2.33. The Morgan fingerprint density at radius 2 is 1.90 bits per heavy atom. The van der Waals surface area contributed by atoms with Crippen molar-refractivity contribution in [2.75, 3.05) is 25.9 Å². The number of nitrogens with two attached hydrogens (primary N) is 2. The summed E-state index contributed by atoms with van der Waals surface area (Å²) in [5, 5.41) is 13.4. The number of piperidine rings is 1. The molecule has 2 aromatic heterocycles. The topological polar surface area (TPSA) is 123 Å². The standard InChI is InChI=1S/C31H35FN6O2S/c1-20-13-26(41-17-20)23-7-8-24(25(32)14-23)16-37-11-9-31(40,10-12-37)18-38-19-36-29(27(34)30(38)39)28(35-2)22-5-3-21(15-33)4-6-22/h3-8,13-14,17,19,40H,9-12,15-16,18,33-34H2,1-2H3. The van der Waals surface area contributed by atoms with Crippen molar-refractivity contribution < 1.29 is 9.50 Å². The summed E-state index contributed by atoms with van der Waals surface area (Å²) in [6.45, 7) is 4.13. The lowest BCUT2D eigenvalue weighted by atomic mass is 9.91. The molecule has 1 aliphatic rings. The van der Waals surface area contributed by atoms with Crippen LogP contribution in [0.25, 0.3) is 10.4 Å². The number of rotatable bonds is 8. The van der Waals surface area contributed by atoms with Crippen LogP contribution in [0.4, 0.5) is 10.1 Å². The van der Waals surface area contributed by atoms with Gasteiger partial charge in [-0.1, -0.05) is 36.4 Å². The Hall–Kier alpha value is -3.70. The molecule has 10 heteroatoms. The van der Waals surface area contributed by atoms with Crippen LogP contribution in [0.2, 0.25) is 0 Å². The van der Waals surface area contributed by atoms with E-state index in [1.165, 1.54) is 16.5 Å². The van der Waals surface area contributed by atoms with Gasteiger partial charge in [-0.25, -0.2) is 9.37 Å². The van der Waals surface area contributed by atoms with E-state index in [1.807, 2.05) is 43.3 Å². The highest BCUT2D eigenvalue weighted by Crippen LogP contribution is 2.30. The summed E-state index contributed by atoms with van der Waals surface area (Å²) in [7, 11) is 1.63. The van der Waals surface area contributed by atoms with Gasteiger partial charge in [-0.3, -0.25) is 19.3 Å². The monoisotopic (exact) mass is 574 g/mol. The second-order valence-corrected chi connectivity index (χ2v) is 11.6. The van der Waals surface area contributed by atoms with Crippen molar-refractivity contribution in [2.45, 2.75) is 45.0 Å². The van der Waals surface area contributed by atoms with E-state index in [2.05, 4.69) is 26.3 Å². The molecular weight excluding hydrogens is 539 g/mol. The summed E-state index contributed by atoms with van der Waals surface area (Å²) in [4.78, 5) is 25.2. The maximum absolute atomic E-state index is 14.9. The van der Waals surface area contributed by atoms with Crippen LogP contribution in [0.15, 0.2) is 70.0 Å². The van der Waals surface area contributed by atoms with E-state index in [0.29, 0.717) is 56.0 Å². The number of hydrogen-bond acceptors (Lipinski definition) is 8. The fourth-order valence-electron chi connectivity index (χ4n) is 5.23. The summed E-state index contributed by atoms with van der Waals surface area (Å²) in [6, 6.07) is 15.0. The van der Waals surface area contributed by atoms with Crippen LogP contribution >= 0.6 is 11.3 Å². The molecule has 41 heavy (non-hydrogen) atoms. The molecule has 0 bridgehead atoms. The molecule has 0 radical (unpaired) electrons. The summed E-state index contributed by atoms with van der Waals surface area (Å²) in [6.07, 6.45) is 2.29. The van der Waals surface area contributed by atoms with E-state index in [-0.39, 0.29) is 18.0 Å². The highest BCUT2D eigenvalue weighted by molar-refractivity contribution is 7.13. The predicted octanol–water partition coefficient (Wildman–Crippen LogP) is 3.95. The average Bonchev–Trinajstić information content (AvgIpc) is 3.41. The molecule has 0 saturated carbocycles. The molecule has 0 spiro atoms. The molecule has 2 aromatic carbocycles. The highest BCUT2D eigenvalue weighted by atomic mass is 32.1. The van der Waals surface area contributed by atoms with Crippen LogP contribution in [0, 0.1) is 12.7 Å². The molecular formula is C31H35FN6O2S. The first kappa shape index (κ1) is 28.8. The Balaban J connectivity index is 1.24. The third-order valence-electron chi connectivity index (χ3n) is 7.70. The molecule has 0 amide bonds. The lowest BCUT2D eigenvalue weighted by molar-refractivity contribution is -0.0366. The van der Waals surface area contributed by atoms with Crippen LogP contribution in [-0.4, -0.2) is 51.0 Å². The third-order valence-corrected chi connectivity index (χ3v) is 8.79. The van der Waals surface area contributed by atoms with Gasteiger partial charge in [-0.2, -0.15) is 0 Å². The zero-order valence-electron chi connectivity index (χ0n) is 23.3. The van der Waals surface area contributed by atoms with Crippen molar-refractivity contribution in [3.05, 3.63) is 104 Å². The Labute approximate surface area is 242 Å². The smallest absolute Gasteiger partial charge is 0.277 e. The molecule has 0 aliphatic carbocycles. The third kappa shape index (κ3) is 6.31. The molecule has 1 aliphatic heterocycles. The number of nitrogen functional groups attached to an aromatic ring is 1. The van der Waals surface area contributed by atoms with E-state index in [4.69, 9.17) is 11.5 Å². The molecule has 0 unspecified atom stereocenters. The van der Waals surface area contributed by atoms with Crippen molar-refractivity contribution in [3.63, 3.8) is 0 Å². The van der Waals surface area contributed by atoms with Gasteiger partial charge < -0.3 is 16.6 Å². The fraction of sp³-hybridized carbons (Fsp3) is 0.323. The lowest BCUT2D eigenvalue weighted by Crippen LogP contribution is -2.48. The minimum Gasteiger partial charge on any atom is -0.392 e. The first-order chi connectivity index (χ1) is 19.7. The van der Waals surface area contributed by atoms with Gasteiger partial charge in [-0.05, 0) is 54.0 Å². The number of aliphatic imine (C=N–C) groups is 1. The first-order valence-electron chi connectivity index (χ1n) is 13.6. The van der Waals surface area contributed by atoms with E-state index in [1.54, 1.807) is 24.5 Å². The van der Waals surface area contributed by atoms with Crippen LogP contribution < -0.4 is 17.0 Å². The molecule has 1 saturated heterocycles. The Morgan fingerprint density at radius 1 is 1.17 bits per heavy atom. The Morgan fingerprint density at radius 3 is 2.51 bits per heavy atom. The molecule has 3 heterocycles. The lowest BCUT2D eigenvalue weighted by Gasteiger charge is -2.38. The normalized spacial score (nSPS) is 15.8. The largest absolute Gasteiger partial charge is 0.392 e. The van der Waals surface area contributed by atoms with Gasteiger partial charge in [0, 0.05) is 49.2 Å². The van der Waals surface area contributed by atoms with E-state index < -0.39 is 11.2 Å². The first-order valence-corrected chi connectivity index (χ1v) is 14.5. The fourth-order valence-corrected chi connectivity index (χ4v) is 6.13. The molecule has 4 aromatic rings. The van der Waals surface area contributed by atoms with Crippen molar-refractivity contribution in [3.8, 4) is 10.4 Å². The van der Waals surface area contributed by atoms with Gasteiger partial charge in [0.05, 0.1) is 24.2 Å². The summed E-state index contributed by atoms with van der Waals surface area (Å²) in [5.41, 5.74) is 15.6. The number of anilines is 1. The quantitative estimate of drug-likeness (QED) is 0.274. The molecule has 5 rings (SSSR count). The van der Waals surface area contributed by atoms with Crippen molar-refractivity contribution in [2.24, 2.45) is 10.7 Å². The van der Waals surface area contributed by atoms with E-state index >= 15 is 0 Å². The average molecular weight is 575 g/mol. The SMILES string of the molecule is CN=C(c1ccc(CN)cc1)c1ncn(CC2(O)CCN(Cc3ccc(-c4cc(C)cs4)cc3F)CC2)c(=O)c1N. The molecule has 5 N–H and O–H groups in total. The van der Waals surface area contributed by atoms with E-state index in [9.17, 15) is 14.3 Å². The number of halogens is 1.